The third-order valence-electron chi connectivity index (χ3n) is 4.90. The van der Waals surface area contributed by atoms with E-state index >= 15 is 0 Å². The molecule has 1 aliphatic heterocycles. The molecule has 0 N–H and O–H groups in total. The van der Waals surface area contributed by atoms with Gasteiger partial charge >= 0.3 is 0 Å². The van der Waals surface area contributed by atoms with Crippen molar-refractivity contribution in [1.29, 1.82) is 0 Å². The molecule has 2 aromatic rings. The van der Waals surface area contributed by atoms with Gasteiger partial charge < -0.3 is 19.4 Å². The summed E-state index contributed by atoms with van der Waals surface area (Å²) in [6.07, 6.45) is 2.36. The highest BCUT2D eigenvalue weighted by Crippen LogP contribution is 2.15. The van der Waals surface area contributed by atoms with Crippen molar-refractivity contribution in [2.45, 2.75) is 13.0 Å². The van der Waals surface area contributed by atoms with E-state index in [1.54, 1.807) is 7.11 Å². The molecule has 1 amide bonds. The number of amides is 1. The van der Waals surface area contributed by atoms with Crippen LogP contribution in [-0.2, 0) is 11.3 Å². The summed E-state index contributed by atoms with van der Waals surface area (Å²) in [5, 5.41) is 0. The van der Waals surface area contributed by atoms with Gasteiger partial charge in [0.2, 0.25) is 5.91 Å². The van der Waals surface area contributed by atoms with E-state index in [9.17, 15) is 4.79 Å². The molecule has 2 heterocycles. The molecule has 144 valence electrons. The van der Waals surface area contributed by atoms with Crippen molar-refractivity contribution in [1.82, 2.24) is 14.8 Å². The van der Waals surface area contributed by atoms with Crippen LogP contribution in [0.3, 0.4) is 0 Å². The van der Waals surface area contributed by atoms with Crippen molar-refractivity contribution >= 4 is 11.7 Å². The van der Waals surface area contributed by atoms with Gasteiger partial charge in [-0.1, -0.05) is 18.2 Å². The molecule has 0 saturated carbocycles. The Balaban J connectivity index is 1.41. The highest BCUT2D eigenvalue weighted by Gasteiger charge is 2.21. The Morgan fingerprint density at radius 3 is 2.67 bits per heavy atom. The first-order chi connectivity index (χ1) is 13.2. The van der Waals surface area contributed by atoms with E-state index in [2.05, 4.69) is 20.9 Å². The van der Waals surface area contributed by atoms with Gasteiger partial charge in [-0.15, -0.1) is 0 Å². The van der Waals surface area contributed by atoms with Crippen LogP contribution in [0.4, 0.5) is 5.82 Å². The summed E-state index contributed by atoms with van der Waals surface area (Å²) in [5.74, 6) is 2.08. The van der Waals surface area contributed by atoms with Gasteiger partial charge in [-0.05, 0) is 36.9 Å². The number of benzene rings is 1. The third-order valence-corrected chi connectivity index (χ3v) is 4.90. The van der Waals surface area contributed by atoms with Gasteiger partial charge in [0.15, 0.2) is 0 Å². The van der Waals surface area contributed by atoms with Crippen molar-refractivity contribution < 1.29 is 9.53 Å². The van der Waals surface area contributed by atoms with Crippen molar-refractivity contribution in [3.05, 3.63) is 54.2 Å². The van der Waals surface area contributed by atoms with Crippen LogP contribution in [0.5, 0.6) is 5.75 Å². The summed E-state index contributed by atoms with van der Waals surface area (Å²) in [4.78, 5) is 23.3. The van der Waals surface area contributed by atoms with E-state index < -0.39 is 0 Å². The monoisotopic (exact) mass is 368 g/mol. The summed E-state index contributed by atoms with van der Waals surface area (Å²) in [5.41, 5.74) is 1.19. The zero-order valence-corrected chi connectivity index (χ0v) is 16.2. The molecule has 3 rings (SSSR count). The summed E-state index contributed by atoms with van der Waals surface area (Å²) in [6.45, 7) is 4.74. The number of piperazine rings is 1. The average Bonchev–Trinajstić information content (AvgIpc) is 2.73. The van der Waals surface area contributed by atoms with Crippen molar-refractivity contribution in [3.63, 3.8) is 0 Å². The fourth-order valence-corrected chi connectivity index (χ4v) is 3.33. The van der Waals surface area contributed by atoms with Crippen LogP contribution in [0.1, 0.15) is 12.0 Å². The highest BCUT2D eigenvalue weighted by atomic mass is 16.5. The van der Waals surface area contributed by atoms with Crippen LogP contribution >= 0.6 is 0 Å². The molecule has 6 nitrogen and oxygen atoms in total. The lowest BCUT2D eigenvalue weighted by Gasteiger charge is -2.35. The largest absolute Gasteiger partial charge is 0.497 e. The first-order valence-corrected chi connectivity index (χ1v) is 9.41. The first-order valence-electron chi connectivity index (χ1n) is 9.41. The van der Waals surface area contributed by atoms with Gasteiger partial charge in [0.25, 0.3) is 0 Å². The fourth-order valence-electron chi connectivity index (χ4n) is 3.33. The Kier molecular flexibility index (Phi) is 6.65. The molecule has 0 atom stereocenters. The number of methoxy groups -OCH3 is 1. The molecule has 1 fully saturated rings. The molecule has 1 saturated heterocycles. The van der Waals surface area contributed by atoms with Gasteiger partial charge in [-0.2, -0.15) is 0 Å². The Labute approximate surface area is 161 Å². The maximum absolute atomic E-state index is 12.5. The smallest absolute Gasteiger partial charge is 0.223 e. The number of carbonyl (C=O) groups is 1. The summed E-state index contributed by atoms with van der Waals surface area (Å²) >= 11 is 0. The van der Waals surface area contributed by atoms with Gasteiger partial charge in [-0.25, -0.2) is 4.98 Å². The van der Waals surface area contributed by atoms with E-state index in [0.29, 0.717) is 6.42 Å². The molecular formula is C21H28N4O2. The molecule has 1 aromatic carbocycles. The van der Waals surface area contributed by atoms with Crippen LogP contribution in [0.2, 0.25) is 0 Å². The van der Waals surface area contributed by atoms with Crippen LogP contribution in [0, 0.1) is 0 Å². The topological polar surface area (TPSA) is 48.9 Å². The second kappa shape index (κ2) is 9.37. The predicted octanol–water partition coefficient (Wildman–Crippen LogP) is 2.26. The predicted molar refractivity (Wildman–Crippen MR) is 107 cm³/mol. The van der Waals surface area contributed by atoms with E-state index in [0.717, 1.165) is 50.8 Å². The standard InChI is InChI=1S/C21H28N4O2/c1-23(17-18-6-5-7-19(16-18)27-2)11-9-21(26)25-14-12-24(13-15-25)20-8-3-4-10-22-20/h3-8,10,16H,9,11-15,17H2,1-2H3. The second-order valence-electron chi connectivity index (χ2n) is 6.90. The summed E-state index contributed by atoms with van der Waals surface area (Å²) in [6, 6.07) is 14.0. The number of aromatic nitrogens is 1. The van der Waals surface area contributed by atoms with E-state index in [-0.39, 0.29) is 5.91 Å². The van der Waals surface area contributed by atoms with Crippen molar-refractivity contribution in [3.8, 4) is 5.75 Å². The molecular weight excluding hydrogens is 340 g/mol. The number of carbonyl (C=O) groups excluding carboxylic acids is 1. The molecule has 0 radical (unpaired) electrons. The quantitative estimate of drug-likeness (QED) is 0.750. The maximum Gasteiger partial charge on any atom is 0.223 e. The number of ether oxygens (including phenoxy) is 1. The van der Waals surface area contributed by atoms with Crippen molar-refractivity contribution in [2.24, 2.45) is 0 Å². The molecule has 1 aliphatic rings. The number of anilines is 1. The molecule has 0 unspecified atom stereocenters. The van der Waals surface area contributed by atoms with Crippen LogP contribution < -0.4 is 9.64 Å². The average molecular weight is 368 g/mol. The van der Waals surface area contributed by atoms with E-state index in [4.69, 9.17) is 4.74 Å². The third kappa shape index (κ3) is 5.44. The van der Waals surface area contributed by atoms with Crippen LogP contribution in [0.15, 0.2) is 48.7 Å². The minimum Gasteiger partial charge on any atom is -0.497 e. The molecule has 1 aromatic heterocycles. The maximum atomic E-state index is 12.5. The van der Waals surface area contributed by atoms with Crippen LogP contribution in [-0.4, -0.2) is 67.6 Å². The van der Waals surface area contributed by atoms with Gasteiger partial charge in [0, 0.05) is 51.9 Å². The summed E-state index contributed by atoms with van der Waals surface area (Å²) in [7, 11) is 3.72. The number of hydrogen-bond acceptors (Lipinski definition) is 5. The summed E-state index contributed by atoms with van der Waals surface area (Å²) < 4.78 is 5.27. The number of pyridine rings is 1. The number of rotatable bonds is 7. The molecule has 0 bridgehead atoms. The second-order valence-corrected chi connectivity index (χ2v) is 6.90. The van der Waals surface area contributed by atoms with Gasteiger partial charge in [0.1, 0.15) is 11.6 Å². The molecule has 0 aliphatic carbocycles. The lowest BCUT2D eigenvalue weighted by Crippen LogP contribution is -2.49. The Morgan fingerprint density at radius 2 is 1.96 bits per heavy atom. The van der Waals surface area contributed by atoms with E-state index in [1.807, 2.05) is 54.5 Å². The fraction of sp³-hybridized carbons (Fsp3) is 0.429. The zero-order valence-electron chi connectivity index (χ0n) is 16.2. The van der Waals surface area contributed by atoms with Crippen molar-refractivity contribution in [2.75, 3.05) is 51.8 Å². The Hall–Kier alpha value is -2.60. The molecule has 27 heavy (non-hydrogen) atoms. The van der Waals surface area contributed by atoms with Gasteiger partial charge in [-0.3, -0.25) is 4.79 Å². The Bertz CT molecular complexity index is 730. The number of nitrogens with zero attached hydrogens (tertiary/aromatic N) is 4. The van der Waals surface area contributed by atoms with Crippen LogP contribution in [0.25, 0.3) is 0 Å². The molecule has 0 spiro atoms. The lowest BCUT2D eigenvalue weighted by molar-refractivity contribution is -0.131. The first kappa shape index (κ1) is 19.2. The lowest BCUT2D eigenvalue weighted by atomic mass is 10.2. The zero-order chi connectivity index (χ0) is 19.1. The Morgan fingerprint density at radius 1 is 1.15 bits per heavy atom. The SMILES string of the molecule is COc1cccc(CN(C)CCC(=O)N2CCN(c3ccccn3)CC2)c1. The van der Waals surface area contributed by atoms with E-state index in [1.165, 1.54) is 5.56 Å². The highest BCUT2D eigenvalue weighted by molar-refractivity contribution is 5.76. The molecule has 6 heteroatoms. The number of hydrogen-bond donors (Lipinski definition) is 0. The van der Waals surface area contributed by atoms with Gasteiger partial charge in [0.05, 0.1) is 7.11 Å². The minimum absolute atomic E-state index is 0.230. The normalized spacial score (nSPS) is 14.5. The minimum atomic E-state index is 0.230.